The highest BCUT2D eigenvalue weighted by Gasteiger charge is 2.29. The summed E-state index contributed by atoms with van der Waals surface area (Å²) in [6.45, 7) is 9.03. The molecule has 165 valence electrons. The molecule has 0 saturated carbocycles. The molecule has 1 aromatic carbocycles. The molecule has 8 nitrogen and oxygen atoms in total. The summed E-state index contributed by atoms with van der Waals surface area (Å²) in [5.41, 5.74) is 0.647. The van der Waals surface area contributed by atoms with Crippen molar-refractivity contribution in [2.75, 3.05) is 7.11 Å². The van der Waals surface area contributed by atoms with Crippen molar-refractivity contribution >= 4 is 30.9 Å². The summed E-state index contributed by atoms with van der Waals surface area (Å²) in [4.78, 5) is 37.3. The molecule has 0 unspecified atom stereocenters. The number of carbonyl (C=O) groups excluding carboxylic acids is 3. The molecule has 1 radical (unpaired) electrons. The average molecular weight is 419 g/mol. The highest BCUT2D eigenvalue weighted by atomic mass is 16.6. The number of nitrogens with one attached hydrogen (secondary N) is 2. The first-order chi connectivity index (χ1) is 13.9. The van der Waals surface area contributed by atoms with Crippen LogP contribution in [0.15, 0.2) is 24.3 Å². The highest BCUT2D eigenvalue weighted by molar-refractivity contribution is 6.45. The molecule has 2 atom stereocenters. The Bertz CT molecular complexity index is 715. The Labute approximate surface area is 179 Å². The van der Waals surface area contributed by atoms with Gasteiger partial charge in [0.2, 0.25) is 5.91 Å². The number of hydrogen-bond acceptors (Lipinski definition) is 6. The summed E-state index contributed by atoms with van der Waals surface area (Å²) >= 11 is 0. The van der Waals surface area contributed by atoms with Crippen LogP contribution in [0.2, 0.25) is 0 Å². The van der Waals surface area contributed by atoms with Crippen LogP contribution >= 0.6 is 0 Å². The van der Waals surface area contributed by atoms with Crippen molar-refractivity contribution in [3.8, 4) is 0 Å². The third-order valence-electron chi connectivity index (χ3n) is 4.09. The van der Waals surface area contributed by atoms with Crippen molar-refractivity contribution < 1.29 is 28.9 Å². The number of alkyl carbamates (subject to hydrolysis) is 1. The zero-order chi connectivity index (χ0) is 22.9. The SMILES string of the molecule is COC(=O)[C@H](CC(C)C)NC(=O)[C@H](Cc1ccc([B]O)cc1)NC(=O)OC(C)(C)C. The summed E-state index contributed by atoms with van der Waals surface area (Å²) in [7, 11) is 2.23. The summed E-state index contributed by atoms with van der Waals surface area (Å²) in [5, 5.41) is 14.3. The van der Waals surface area contributed by atoms with Crippen LogP contribution in [0.1, 0.15) is 46.6 Å². The Morgan fingerprint density at radius 2 is 1.67 bits per heavy atom. The van der Waals surface area contributed by atoms with Crippen molar-refractivity contribution in [3.63, 3.8) is 0 Å². The van der Waals surface area contributed by atoms with Gasteiger partial charge in [0.25, 0.3) is 0 Å². The largest absolute Gasteiger partial charge is 0.467 e. The predicted molar refractivity (Wildman–Crippen MR) is 114 cm³/mol. The molecule has 3 N–H and O–H groups in total. The van der Waals surface area contributed by atoms with Gasteiger partial charge in [0.05, 0.1) is 7.11 Å². The molecule has 0 spiro atoms. The fourth-order valence-electron chi connectivity index (χ4n) is 2.73. The van der Waals surface area contributed by atoms with Crippen LogP contribution in [-0.4, -0.2) is 55.3 Å². The van der Waals surface area contributed by atoms with Gasteiger partial charge in [0.1, 0.15) is 17.7 Å². The monoisotopic (exact) mass is 419 g/mol. The van der Waals surface area contributed by atoms with E-state index in [1.54, 1.807) is 45.0 Å². The minimum Gasteiger partial charge on any atom is -0.467 e. The molecule has 0 bridgehead atoms. The van der Waals surface area contributed by atoms with Gasteiger partial charge >= 0.3 is 19.5 Å². The van der Waals surface area contributed by atoms with E-state index in [1.807, 2.05) is 13.8 Å². The fourth-order valence-corrected chi connectivity index (χ4v) is 2.73. The molecular formula is C21H32BN2O6. The van der Waals surface area contributed by atoms with Gasteiger partial charge in [0.15, 0.2) is 0 Å². The maximum atomic E-state index is 12.9. The van der Waals surface area contributed by atoms with E-state index < -0.39 is 35.7 Å². The summed E-state index contributed by atoms with van der Waals surface area (Å²) in [5.74, 6) is -0.917. The Hall–Kier alpha value is -2.55. The number of esters is 1. The third kappa shape index (κ3) is 9.30. The van der Waals surface area contributed by atoms with Crippen molar-refractivity contribution in [1.82, 2.24) is 10.6 Å². The van der Waals surface area contributed by atoms with E-state index in [2.05, 4.69) is 10.6 Å². The van der Waals surface area contributed by atoms with E-state index in [9.17, 15) is 14.4 Å². The molecule has 0 aromatic heterocycles. The normalized spacial score (nSPS) is 13.2. The van der Waals surface area contributed by atoms with Crippen LogP contribution in [0, 0.1) is 5.92 Å². The average Bonchev–Trinajstić information content (AvgIpc) is 2.65. The second kappa shape index (κ2) is 11.6. The van der Waals surface area contributed by atoms with Gasteiger partial charge in [-0.05, 0) is 38.7 Å². The Balaban J connectivity index is 3.02. The Kier molecular flexibility index (Phi) is 9.85. The van der Waals surface area contributed by atoms with Gasteiger partial charge in [-0.15, -0.1) is 0 Å². The van der Waals surface area contributed by atoms with Crippen LogP contribution in [0.5, 0.6) is 0 Å². The van der Waals surface area contributed by atoms with E-state index in [1.165, 1.54) is 7.11 Å². The van der Waals surface area contributed by atoms with Gasteiger partial charge in [-0.2, -0.15) is 0 Å². The first-order valence-electron chi connectivity index (χ1n) is 9.89. The molecule has 0 fully saturated rings. The van der Waals surface area contributed by atoms with Crippen LogP contribution in [-0.2, 0) is 25.5 Å². The number of amides is 2. The van der Waals surface area contributed by atoms with Crippen molar-refractivity contribution in [1.29, 1.82) is 0 Å². The molecule has 1 aromatic rings. The zero-order valence-corrected chi connectivity index (χ0v) is 18.5. The molecular weight excluding hydrogens is 387 g/mol. The van der Waals surface area contributed by atoms with Crippen molar-refractivity contribution in [2.24, 2.45) is 5.92 Å². The zero-order valence-electron chi connectivity index (χ0n) is 18.5. The summed E-state index contributed by atoms with van der Waals surface area (Å²) in [6, 6.07) is 5.07. The second-order valence-corrected chi connectivity index (χ2v) is 8.49. The van der Waals surface area contributed by atoms with E-state index in [0.29, 0.717) is 11.9 Å². The molecule has 2 amide bonds. The van der Waals surface area contributed by atoms with Crippen LogP contribution in [0.25, 0.3) is 0 Å². The standard InChI is InChI=1S/C21H32BN2O6/c1-13(2)11-17(19(26)29-6)23-18(25)16(24-20(27)30-21(3,4)5)12-14-7-9-15(22-28)10-8-14/h7-10,13,16-17,28H,11-12H2,1-6H3,(H,23,25)(H,24,27)/t16-,17-/m0/s1. The van der Waals surface area contributed by atoms with Crippen LogP contribution in [0.3, 0.4) is 0 Å². The molecule has 0 aliphatic heterocycles. The lowest BCUT2D eigenvalue weighted by Crippen LogP contribution is -2.53. The van der Waals surface area contributed by atoms with E-state index >= 15 is 0 Å². The number of rotatable bonds is 9. The lowest BCUT2D eigenvalue weighted by atomic mass is 9.87. The fraction of sp³-hybridized carbons (Fsp3) is 0.571. The Morgan fingerprint density at radius 1 is 1.07 bits per heavy atom. The summed E-state index contributed by atoms with van der Waals surface area (Å²) < 4.78 is 10.1. The lowest BCUT2D eigenvalue weighted by Gasteiger charge is -2.25. The van der Waals surface area contributed by atoms with Gasteiger partial charge in [0, 0.05) is 6.42 Å². The maximum absolute atomic E-state index is 12.9. The summed E-state index contributed by atoms with van der Waals surface area (Å²) in [6.07, 6.45) is -0.160. The molecule has 30 heavy (non-hydrogen) atoms. The topological polar surface area (TPSA) is 114 Å². The smallest absolute Gasteiger partial charge is 0.408 e. The number of ether oxygens (including phenoxy) is 2. The number of benzene rings is 1. The highest BCUT2D eigenvalue weighted by Crippen LogP contribution is 2.10. The molecule has 0 heterocycles. The number of carbonyl (C=O) groups is 3. The number of methoxy groups -OCH3 is 1. The van der Waals surface area contributed by atoms with Crippen LogP contribution < -0.4 is 16.1 Å². The Morgan fingerprint density at radius 3 is 2.13 bits per heavy atom. The number of hydrogen-bond donors (Lipinski definition) is 3. The molecule has 1 rings (SSSR count). The minimum absolute atomic E-state index is 0.147. The quantitative estimate of drug-likeness (QED) is 0.408. The van der Waals surface area contributed by atoms with E-state index in [0.717, 1.165) is 13.0 Å². The molecule has 9 heteroatoms. The second-order valence-electron chi connectivity index (χ2n) is 8.49. The van der Waals surface area contributed by atoms with Crippen molar-refractivity contribution in [2.45, 2.75) is 65.1 Å². The molecule has 0 aliphatic carbocycles. The minimum atomic E-state index is -0.969. The van der Waals surface area contributed by atoms with Crippen molar-refractivity contribution in [3.05, 3.63) is 29.8 Å². The molecule has 0 aliphatic rings. The van der Waals surface area contributed by atoms with Crippen LogP contribution in [0.4, 0.5) is 4.79 Å². The van der Waals surface area contributed by atoms with E-state index in [-0.39, 0.29) is 12.3 Å². The maximum Gasteiger partial charge on any atom is 0.408 e. The van der Waals surface area contributed by atoms with Gasteiger partial charge < -0.3 is 25.1 Å². The lowest BCUT2D eigenvalue weighted by molar-refractivity contribution is -0.145. The third-order valence-corrected chi connectivity index (χ3v) is 4.09. The van der Waals surface area contributed by atoms with E-state index in [4.69, 9.17) is 14.5 Å². The van der Waals surface area contributed by atoms with Gasteiger partial charge in [-0.3, -0.25) is 4.79 Å². The first-order valence-corrected chi connectivity index (χ1v) is 9.89. The van der Waals surface area contributed by atoms with Gasteiger partial charge in [-0.1, -0.05) is 43.6 Å². The predicted octanol–water partition coefficient (Wildman–Crippen LogP) is 1.06. The first kappa shape index (κ1) is 25.5. The van der Waals surface area contributed by atoms with Gasteiger partial charge in [-0.25, -0.2) is 9.59 Å². The molecule has 0 saturated heterocycles.